The number of para-hydroxylation sites is 1. The smallest absolute Gasteiger partial charge is 0.335 e. The van der Waals surface area contributed by atoms with Crippen molar-refractivity contribution in [2.24, 2.45) is 10.2 Å². The molecular weight excluding hydrogens is 526 g/mol. The molecule has 42 heavy (non-hydrogen) atoms. The van der Waals surface area contributed by atoms with Crippen LogP contribution in [0, 0.1) is 13.8 Å². The topological polar surface area (TPSA) is 107 Å². The first-order valence-corrected chi connectivity index (χ1v) is 13.4. The number of hydrogen-bond donors (Lipinski definition) is 3. The normalized spacial score (nSPS) is 11.4. The molecule has 0 bridgehead atoms. The molecular formula is C35H27N3O4. The van der Waals surface area contributed by atoms with Gasteiger partial charge in [0.2, 0.25) is 5.88 Å². The number of aromatic hydroxyl groups is 2. The number of azo groups is 1. The fourth-order valence-electron chi connectivity index (χ4n) is 5.06. The molecule has 0 aliphatic rings. The molecule has 0 amide bonds. The van der Waals surface area contributed by atoms with Crippen molar-refractivity contribution in [3.63, 3.8) is 0 Å². The predicted molar refractivity (Wildman–Crippen MR) is 165 cm³/mol. The molecule has 5 aromatic carbocycles. The van der Waals surface area contributed by atoms with E-state index in [2.05, 4.69) is 10.2 Å². The number of carboxylic acids is 1. The molecule has 7 heteroatoms. The minimum atomic E-state index is -1.06. The average Bonchev–Trinajstić information content (AvgIpc) is 3.28. The van der Waals surface area contributed by atoms with Crippen LogP contribution in [-0.2, 0) is 0 Å². The quantitative estimate of drug-likeness (QED) is 0.179. The van der Waals surface area contributed by atoms with Gasteiger partial charge in [0.05, 0.1) is 11.1 Å². The number of aromatic nitrogens is 1. The maximum absolute atomic E-state index is 11.5. The molecule has 0 radical (unpaired) electrons. The highest BCUT2D eigenvalue weighted by atomic mass is 16.4. The highest BCUT2D eigenvalue weighted by molar-refractivity contribution is 5.98. The van der Waals surface area contributed by atoms with Crippen molar-refractivity contribution in [1.29, 1.82) is 0 Å². The molecule has 0 saturated carbocycles. The molecule has 0 spiro atoms. The second-order valence-corrected chi connectivity index (χ2v) is 10.1. The maximum Gasteiger partial charge on any atom is 0.335 e. The summed E-state index contributed by atoms with van der Waals surface area (Å²) in [6, 6.07) is 33.2. The van der Waals surface area contributed by atoms with E-state index in [0.29, 0.717) is 16.5 Å². The van der Waals surface area contributed by atoms with Gasteiger partial charge in [0, 0.05) is 16.6 Å². The lowest BCUT2D eigenvalue weighted by atomic mass is 10.0. The van der Waals surface area contributed by atoms with Crippen molar-refractivity contribution in [2.75, 3.05) is 0 Å². The second-order valence-electron chi connectivity index (χ2n) is 10.1. The molecule has 6 aromatic rings. The molecule has 0 saturated heterocycles. The number of carbonyl (C=O) groups is 1. The SMILES string of the molecule is Cc1ccc(-n2c(O)c(N=Nc3cccc(-c4cccc(C(=O)O)c4)c3O)c3ccc(-c4ccccc4)cc32)cc1C. The fourth-order valence-corrected chi connectivity index (χ4v) is 5.06. The van der Waals surface area contributed by atoms with E-state index in [4.69, 9.17) is 0 Å². The first-order valence-electron chi connectivity index (χ1n) is 13.4. The number of phenolic OH excluding ortho intramolecular Hbond substituents is 1. The lowest BCUT2D eigenvalue weighted by molar-refractivity contribution is 0.0697. The maximum atomic E-state index is 11.5. The number of fused-ring (bicyclic) bond motifs is 1. The van der Waals surface area contributed by atoms with Crippen LogP contribution in [0.4, 0.5) is 11.4 Å². The van der Waals surface area contributed by atoms with Crippen molar-refractivity contribution in [2.45, 2.75) is 13.8 Å². The molecule has 0 aliphatic heterocycles. The number of aromatic carboxylic acids is 1. The van der Waals surface area contributed by atoms with Gasteiger partial charge in [-0.3, -0.25) is 4.57 Å². The van der Waals surface area contributed by atoms with Crippen LogP contribution in [0.1, 0.15) is 21.5 Å². The van der Waals surface area contributed by atoms with Crippen LogP contribution in [0.2, 0.25) is 0 Å². The van der Waals surface area contributed by atoms with Crippen LogP contribution in [0.3, 0.4) is 0 Å². The van der Waals surface area contributed by atoms with E-state index in [1.807, 2.05) is 80.6 Å². The van der Waals surface area contributed by atoms with E-state index in [-0.39, 0.29) is 28.6 Å². The van der Waals surface area contributed by atoms with E-state index < -0.39 is 5.97 Å². The molecule has 0 atom stereocenters. The van der Waals surface area contributed by atoms with Gasteiger partial charge in [-0.2, -0.15) is 0 Å². The molecule has 0 unspecified atom stereocenters. The summed E-state index contributed by atoms with van der Waals surface area (Å²) in [7, 11) is 0. The third-order valence-electron chi connectivity index (χ3n) is 7.47. The van der Waals surface area contributed by atoms with Crippen LogP contribution in [0.25, 0.3) is 38.8 Å². The Hall–Kier alpha value is -5.69. The van der Waals surface area contributed by atoms with Crippen molar-refractivity contribution >= 4 is 28.2 Å². The van der Waals surface area contributed by atoms with Gasteiger partial charge in [0.1, 0.15) is 5.69 Å². The van der Waals surface area contributed by atoms with Gasteiger partial charge in [-0.05, 0) is 84.1 Å². The van der Waals surface area contributed by atoms with Gasteiger partial charge in [-0.25, -0.2) is 4.79 Å². The van der Waals surface area contributed by atoms with E-state index in [1.165, 1.54) is 12.1 Å². The Balaban J connectivity index is 1.49. The van der Waals surface area contributed by atoms with E-state index in [1.54, 1.807) is 34.9 Å². The summed E-state index contributed by atoms with van der Waals surface area (Å²) in [6.07, 6.45) is 0. The van der Waals surface area contributed by atoms with Gasteiger partial charge >= 0.3 is 5.97 Å². The monoisotopic (exact) mass is 553 g/mol. The van der Waals surface area contributed by atoms with Crippen molar-refractivity contribution < 1.29 is 20.1 Å². The van der Waals surface area contributed by atoms with Gasteiger partial charge < -0.3 is 15.3 Å². The van der Waals surface area contributed by atoms with E-state index in [0.717, 1.165) is 33.5 Å². The number of hydrogen-bond acceptors (Lipinski definition) is 5. The highest BCUT2D eigenvalue weighted by Gasteiger charge is 2.20. The van der Waals surface area contributed by atoms with Crippen LogP contribution in [0.5, 0.6) is 11.6 Å². The number of rotatable bonds is 6. The third-order valence-corrected chi connectivity index (χ3v) is 7.47. The van der Waals surface area contributed by atoms with Crippen LogP contribution >= 0.6 is 0 Å². The zero-order chi connectivity index (χ0) is 29.4. The highest BCUT2D eigenvalue weighted by Crippen LogP contribution is 2.44. The van der Waals surface area contributed by atoms with Gasteiger partial charge in [0.15, 0.2) is 11.4 Å². The number of carboxylic acid groups (broad SMARTS) is 1. The Labute approximate surface area is 242 Å². The summed E-state index contributed by atoms with van der Waals surface area (Å²) in [6.45, 7) is 4.07. The average molecular weight is 554 g/mol. The molecule has 3 N–H and O–H groups in total. The summed E-state index contributed by atoms with van der Waals surface area (Å²) in [5.41, 5.74) is 7.32. The fraction of sp³-hybridized carbons (Fsp3) is 0.0571. The Morgan fingerprint density at radius 3 is 2.21 bits per heavy atom. The van der Waals surface area contributed by atoms with Crippen molar-refractivity contribution in [3.05, 3.63) is 126 Å². The molecule has 6 rings (SSSR count). The number of nitrogens with zero attached hydrogens (tertiary/aromatic N) is 3. The van der Waals surface area contributed by atoms with Crippen molar-refractivity contribution in [1.82, 2.24) is 4.57 Å². The molecule has 206 valence electrons. The van der Waals surface area contributed by atoms with E-state index >= 15 is 0 Å². The van der Waals surface area contributed by atoms with Crippen LogP contribution in [-0.4, -0.2) is 25.9 Å². The molecule has 7 nitrogen and oxygen atoms in total. The minimum absolute atomic E-state index is 0.0768. The molecule has 0 aliphatic carbocycles. The summed E-state index contributed by atoms with van der Waals surface area (Å²) < 4.78 is 1.76. The number of aryl methyl sites for hydroxylation is 2. The first kappa shape index (κ1) is 26.5. The molecule has 1 heterocycles. The lowest BCUT2D eigenvalue weighted by Crippen LogP contribution is -1.95. The Morgan fingerprint density at radius 2 is 1.45 bits per heavy atom. The first-order chi connectivity index (χ1) is 20.3. The zero-order valence-corrected chi connectivity index (χ0v) is 23.0. The van der Waals surface area contributed by atoms with Gasteiger partial charge in [-0.15, -0.1) is 10.2 Å². The van der Waals surface area contributed by atoms with E-state index in [9.17, 15) is 20.1 Å². The predicted octanol–water partition coefficient (Wildman–Crippen LogP) is 9.11. The minimum Gasteiger partial charge on any atom is -0.505 e. The van der Waals surface area contributed by atoms with Crippen molar-refractivity contribution in [3.8, 4) is 39.6 Å². The second kappa shape index (κ2) is 10.7. The number of phenols is 1. The summed E-state index contributed by atoms with van der Waals surface area (Å²) in [5.74, 6) is -1.28. The molecule has 0 fully saturated rings. The molecule has 1 aromatic heterocycles. The lowest BCUT2D eigenvalue weighted by Gasteiger charge is -2.10. The van der Waals surface area contributed by atoms with Crippen LogP contribution < -0.4 is 0 Å². The Bertz CT molecular complexity index is 2010. The largest absolute Gasteiger partial charge is 0.505 e. The standard InChI is InChI=1S/C35H27N3O4/c1-21-14-16-27(18-22(21)2)38-31-20-24(23-8-4-3-5-9-23)15-17-29(31)32(34(38)40)37-36-30-13-7-12-28(33(30)39)25-10-6-11-26(19-25)35(41)42/h3-20,39-40H,1-2H3,(H,41,42). The summed E-state index contributed by atoms with van der Waals surface area (Å²) in [5, 5.41) is 41.4. The third kappa shape index (κ3) is 4.77. The van der Waals surface area contributed by atoms with Gasteiger partial charge in [-0.1, -0.05) is 66.7 Å². The summed E-state index contributed by atoms with van der Waals surface area (Å²) in [4.78, 5) is 11.5. The zero-order valence-electron chi connectivity index (χ0n) is 23.0. The summed E-state index contributed by atoms with van der Waals surface area (Å²) >= 11 is 0. The van der Waals surface area contributed by atoms with Gasteiger partial charge in [0.25, 0.3) is 0 Å². The Kier molecular flexibility index (Phi) is 6.76. The van der Waals surface area contributed by atoms with Crippen LogP contribution in [0.15, 0.2) is 119 Å². The Morgan fingerprint density at radius 1 is 0.690 bits per heavy atom. The number of benzene rings is 5.